The minimum Gasteiger partial charge on any atom is -0.349 e. The lowest BCUT2D eigenvalue weighted by Gasteiger charge is -2.09. The van der Waals surface area contributed by atoms with Gasteiger partial charge in [-0.3, -0.25) is 4.31 Å². The van der Waals surface area contributed by atoms with Crippen molar-refractivity contribution in [3.8, 4) is 0 Å². The number of carbonyl (C=O) groups excluding carboxylic acids is 1. The summed E-state index contributed by atoms with van der Waals surface area (Å²) in [5, 5.41) is 2.74. The van der Waals surface area contributed by atoms with Gasteiger partial charge in [-0.1, -0.05) is 12.8 Å². The van der Waals surface area contributed by atoms with E-state index >= 15 is 0 Å². The van der Waals surface area contributed by atoms with Gasteiger partial charge in [0, 0.05) is 32.4 Å². The zero-order chi connectivity index (χ0) is 11.1. The Morgan fingerprint density at radius 1 is 1.67 bits per heavy atom. The van der Waals surface area contributed by atoms with E-state index in [4.69, 9.17) is 0 Å². The number of rotatable bonds is 5. The van der Waals surface area contributed by atoms with Crippen molar-refractivity contribution >= 4 is 18.8 Å². The van der Waals surface area contributed by atoms with Crippen LogP contribution in [0, 0.1) is 0 Å². The van der Waals surface area contributed by atoms with Crippen LogP contribution in [0.25, 0.3) is 0 Å². The van der Waals surface area contributed by atoms with Gasteiger partial charge in [0.05, 0.1) is 0 Å². The second-order valence-electron chi connectivity index (χ2n) is 3.25. The number of carbonyl (C=O) groups is 1. The van der Waals surface area contributed by atoms with Crippen LogP contribution in [0.5, 0.6) is 0 Å². The number of amides is 2. The summed E-state index contributed by atoms with van der Waals surface area (Å²) in [7, 11) is 1.60. The van der Waals surface area contributed by atoms with Gasteiger partial charge in [0.25, 0.3) is 0 Å². The molecule has 0 fully saturated rings. The van der Waals surface area contributed by atoms with Crippen LogP contribution in [0.4, 0.5) is 4.79 Å². The van der Waals surface area contributed by atoms with Crippen LogP contribution in [0.3, 0.4) is 0 Å². The molecule has 1 heterocycles. The van der Waals surface area contributed by atoms with Gasteiger partial charge in [0.1, 0.15) is 5.82 Å². The number of imidazole rings is 1. The predicted molar refractivity (Wildman–Crippen MR) is 61.7 cm³/mol. The fourth-order valence-electron chi connectivity index (χ4n) is 1.16. The largest absolute Gasteiger partial charge is 0.349 e. The fourth-order valence-corrected chi connectivity index (χ4v) is 1.23. The molecule has 5 nitrogen and oxygen atoms in total. The zero-order valence-electron chi connectivity index (χ0n) is 8.73. The maximum absolute atomic E-state index is 11.1. The van der Waals surface area contributed by atoms with Crippen LogP contribution >= 0.6 is 12.8 Å². The molecule has 0 radical (unpaired) electrons. The van der Waals surface area contributed by atoms with Crippen molar-refractivity contribution < 1.29 is 4.79 Å². The number of aromatic amines is 1. The van der Waals surface area contributed by atoms with E-state index < -0.39 is 0 Å². The Morgan fingerprint density at radius 2 is 2.47 bits per heavy atom. The molecule has 0 unspecified atom stereocenters. The summed E-state index contributed by atoms with van der Waals surface area (Å²) in [4.78, 5) is 18.2. The summed E-state index contributed by atoms with van der Waals surface area (Å²) in [6.45, 7) is 0.671. The summed E-state index contributed by atoms with van der Waals surface area (Å²) in [6.07, 6.45) is 6.41. The SMILES string of the molecule is CN(S)C(=O)NCCCCc1ncc[nH]1. The Labute approximate surface area is 94.8 Å². The number of hydrogen-bond acceptors (Lipinski definition) is 3. The van der Waals surface area contributed by atoms with Gasteiger partial charge < -0.3 is 10.3 Å². The number of aryl methyl sites for hydroxylation is 1. The molecule has 15 heavy (non-hydrogen) atoms. The maximum atomic E-state index is 11.1. The second kappa shape index (κ2) is 6.34. The summed E-state index contributed by atoms with van der Waals surface area (Å²) < 4.78 is 1.23. The highest BCUT2D eigenvalue weighted by Crippen LogP contribution is 1.97. The van der Waals surface area contributed by atoms with Crippen LogP contribution < -0.4 is 5.32 Å². The van der Waals surface area contributed by atoms with Crippen molar-refractivity contribution in [3.05, 3.63) is 18.2 Å². The number of hydrogen-bond donors (Lipinski definition) is 3. The molecule has 2 amide bonds. The average molecular weight is 228 g/mol. The van der Waals surface area contributed by atoms with Gasteiger partial charge in [-0.05, 0) is 12.8 Å². The molecule has 0 aliphatic rings. The molecule has 2 N–H and O–H groups in total. The number of nitrogens with one attached hydrogen (secondary N) is 2. The van der Waals surface area contributed by atoms with E-state index in [0.29, 0.717) is 6.54 Å². The third kappa shape index (κ3) is 4.73. The number of aromatic nitrogens is 2. The summed E-state index contributed by atoms with van der Waals surface area (Å²) >= 11 is 3.87. The van der Waals surface area contributed by atoms with E-state index in [2.05, 4.69) is 28.1 Å². The molecule has 1 aromatic heterocycles. The predicted octanol–water partition coefficient (Wildman–Crippen LogP) is 1.22. The van der Waals surface area contributed by atoms with Gasteiger partial charge in [0.15, 0.2) is 0 Å². The molecule has 0 bridgehead atoms. The lowest BCUT2D eigenvalue weighted by atomic mass is 10.2. The van der Waals surface area contributed by atoms with Crippen molar-refractivity contribution in [2.45, 2.75) is 19.3 Å². The molecule has 0 saturated heterocycles. The smallest absolute Gasteiger partial charge is 0.326 e. The Morgan fingerprint density at radius 3 is 3.07 bits per heavy atom. The van der Waals surface area contributed by atoms with Crippen LogP contribution in [0.15, 0.2) is 12.4 Å². The van der Waals surface area contributed by atoms with Gasteiger partial charge in [-0.2, -0.15) is 0 Å². The monoisotopic (exact) mass is 228 g/mol. The average Bonchev–Trinajstić information content (AvgIpc) is 2.69. The van der Waals surface area contributed by atoms with Crippen molar-refractivity contribution in [2.75, 3.05) is 13.6 Å². The van der Waals surface area contributed by atoms with Gasteiger partial charge in [-0.25, -0.2) is 9.78 Å². The van der Waals surface area contributed by atoms with Crippen LogP contribution in [-0.2, 0) is 6.42 Å². The van der Waals surface area contributed by atoms with E-state index in [-0.39, 0.29) is 6.03 Å². The molecule has 84 valence electrons. The van der Waals surface area contributed by atoms with E-state index in [1.165, 1.54) is 4.31 Å². The molecule has 6 heteroatoms. The Hall–Kier alpha value is -1.17. The summed E-state index contributed by atoms with van der Waals surface area (Å²) in [5.41, 5.74) is 0. The van der Waals surface area contributed by atoms with Crippen LogP contribution in [-0.4, -0.2) is 33.9 Å². The third-order valence-corrected chi connectivity index (χ3v) is 2.15. The first-order valence-electron chi connectivity index (χ1n) is 4.89. The Kier molecular flexibility index (Phi) is 5.03. The quantitative estimate of drug-likeness (QED) is 0.524. The molecule has 0 saturated carbocycles. The topological polar surface area (TPSA) is 61.0 Å². The second-order valence-corrected chi connectivity index (χ2v) is 3.85. The summed E-state index contributed by atoms with van der Waals surface area (Å²) in [5.74, 6) is 0.993. The Bertz CT molecular complexity index is 286. The minimum atomic E-state index is -0.170. The van der Waals surface area contributed by atoms with E-state index in [1.807, 2.05) is 6.20 Å². The lowest BCUT2D eigenvalue weighted by molar-refractivity contribution is 0.231. The van der Waals surface area contributed by atoms with Crippen molar-refractivity contribution in [1.82, 2.24) is 19.6 Å². The zero-order valence-corrected chi connectivity index (χ0v) is 9.63. The molecule has 0 atom stereocenters. The highest BCUT2D eigenvalue weighted by molar-refractivity contribution is 7.78. The molecule has 0 spiro atoms. The Balaban J connectivity index is 2.00. The highest BCUT2D eigenvalue weighted by atomic mass is 32.1. The van der Waals surface area contributed by atoms with Crippen molar-refractivity contribution in [2.24, 2.45) is 0 Å². The first kappa shape index (κ1) is 11.9. The van der Waals surface area contributed by atoms with E-state index in [9.17, 15) is 4.79 Å². The van der Waals surface area contributed by atoms with Crippen LogP contribution in [0.1, 0.15) is 18.7 Å². The molecule has 1 rings (SSSR count). The first-order valence-corrected chi connectivity index (χ1v) is 5.29. The molecule has 0 aliphatic carbocycles. The molecule has 0 aromatic carbocycles. The molecule has 0 aliphatic heterocycles. The lowest BCUT2D eigenvalue weighted by Crippen LogP contribution is -2.32. The number of urea groups is 1. The number of unbranched alkanes of at least 4 members (excludes halogenated alkanes) is 1. The summed E-state index contributed by atoms with van der Waals surface area (Å²) in [6, 6.07) is -0.170. The normalized spacial score (nSPS) is 10.0. The number of nitrogens with zero attached hydrogens (tertiary/aromatic N) is 2. The van der Waals surface area contributed by atoms with Crippen LogP contribution in [0.2, 0.25) is 0 Å². The number of thiol groups is 1. The fraction of sp³-hybridized carbons (Fsp3) is 0.556. The van der Waals surface area contributed by atoms with Gasteiger partial charge in [0.2, 0.25) is 0 Å². The maximum Gasteiger partial charge on any atom is 0.326 e. The number of H-pyrrole nitrogens is 1. The van der Waals surface area contributed by atoms with Gasteiger partial charge >= 0.3 is 6.03 Å². The highest BCUT2D eigenvalue weighted by Gasteiger charge is 2.01. The standard InChI is InChI=1S/C9H16N4OS/c1-13(15)9(14)12-5-3-2-4-8-10-6-7-11-8/h6-7,15H,2-5H2,1H3,(H,10,11)(H,12,14). The first-order chi connectivity index (χ1) is 7.20. The van der Waals surface area contributed by atoms with Crippen molar-refractivity contribution in [1.29, 1.82) is 0 Å². The molecular formula is C9H16N4OS. The van der Waals surface area contributed by atoms with Crippen molar-refractivity contribution in [3.63, 3.8) is 0 Å². The van der Waals surface area contributed by atoms with E-state index in [0.717, 1.165) is 25.1 Å². The minimum absolute atomic E-state index is 0.170. The van der Waals surface area contributed by atoms with E-state index in [1.54, 1.807) is 13.2 Å². The molecular weight excluding hydrogens is 212 g/mol. The van der Waals surface area contributed by atoms with Gasteiger partial charge in [-0.15, -0.1) is 0 Å². The molecule has 1 aromatic rings. The third-order valence-electron chi connectivity index (χ3n) is 1.97.